The van der Waals surface area contributed by atoms with Crippen LogP contribution < -0.4 is 15.2 Å². The maximum atomic E-state index is 11.7. The van der Waals surface area contributed by atoms with Crippen LogP contribution in [0.3, 0.4) is 0 Å². The molecule has 122 valence electrons. The average molecular weight is 355 g/mol. The molecule has 0 heterocycles. The summed E-state index contributed by atoms with van der Waals surface area (Å²) in [6.45, 7) is 0.0780. The maximum Gasteiger partial charge on any atom is 0.258 e. The van der Waals surface area contributed by atoms with E-state index in [0.717, 1.165) is 5.56 Å². The molecule has 6 nitrogen and oxygen atoms in total. The van der Waals surface area contributed by atoms with Gasteiger partial charge in [-0.1, -0.05) is 35.9 Å². The van der Waals surface area contributed by atoms with Crippen LogP contribution in [0.1, 0.15) is 5.56 Å². The molecular formula is C15H15ClN2O4S. The normalized spacial score (nSPS) is 11.0. The van der Waals surface area contributed by atoms with E-state index in [1.54, 1.807) is 36.4 Å². The summed E-state index contributed by atoms with van der Waals surface area (Å²) < 4.78 is 27.6. The number of para-hydroxylation sites is 1. The zero-order chi connectivity index (χ0) is 16.9. The van der Waals surface area contributed by atoms with Crippen molar-refractivity contribution in [2.75, 3.05) is 6.61 Å². The van der Waals surface area contributed by atoms with Crippen molar-refractivity contribution in [2.24, 2.45) is 5.14 Å². The summed E-state index contributed by atoms with van der Waals surface area (Å²) in [7, 11) is -3.71. The lowest BCUT2D eigenvalue weighted by atomic mass is 10.2. The van der Waals surface area contributed by atoms with Gasteiger partial charge in [0.2, 0.25) is 10.0 Å². The molecule has 0 spiro atoms. The van der Waals surface area contributed by atoms with Gasteiger partial charge in [0.1, 0.15) is 5.75 Å². The van der Waals surface area contributed by atoms with Crippen LogP contribution in [0.15, 0.2) is 53.4 Å². The number of rotatable bonds is 6. The van der Waals surface area contributed by atoms with Crippen LogP contribution in [-0.4, -0.2) is 20.9 Å². The van der Waals surface area contributed by atoms with Crippen LogP contribution in [0, 0.1) is 0 Å². The number of nitrogens with two attached hydrogens (primary N) is 1. The Morgan fingerprint density at radius 1 is 1.13 bits per heavy atom. The van der Waals surface area contributed by atoms with E-state index in [9.17, 15) is 13.2 Å². The van der Waals surface area contributed by atoms with Crippen LogP contribution in [0.25, 0.3) is 0 Å². The SMILES string of the molecule is NS(=O)(=O)c1ccc(CNC(=O)COc2ccccc2Cl)cc1. The van der Waals surface area contributed by atoms with Gasteiger partial charge in [0.25, 0.3) is 5.91 Å². The van der Waals surface area contributed by atoms with Gasteiger partial charge in [-0.3, -0.25) is 4.79 Å². The number of hydrogen-bond acceptors (Lipinski definition) is 4. The van der Waals surface area contributed by atoms with Gasteiger partial charge in [-0.25, -0.2) is 13.6 Å². The molecule has 2 aromatic rings. The lowest BCUT2D eigenvalue weighted by molar-refractivity contribution is -0.123. The minimum atomic E-state index is -3.71. The van der Waals surface area contributed by atoms with Crippen LogP contribution in [0.5, 0.6) is 5.75 Å². The average Bonchev–Trinajstić information content (AvgIpc) is 2.51. The number of halogens is 1. The van der Waals surface area contributed by atoms with Gasteiger partial charge in [-0.15, -0.1) is 0 Å². The van der Waals surface area contributed by atoms with E-state index in [1.165, 1.54) is 12.1 Å². The minimum Gasteiger partial charge on any atom is -0.482 e. The molecule has 0 aliphatic rings. The molecule has 0 fully saturated rings. The molecule has 1 amide bonds. The molecular weight excluding hydrogens is 340 g/mol. The van der Waals surface area contributed by atoms with Crippen LogP contribution in [0.4, 0.5) is 0 Å². The lowest BCUT2D eigenvalue weighted by Crippen LogP contribution is -2.28. The van der Waals surface area contributed by atoms with E-state index in [0.29, 0.717) is 10.8 Å². The largest absolute Gasteiger partial charge is 0.482 e. The first-order valence-electron chi connectivity index (χ1n) is 6.62. The highest BCUT2D eigenvalue weighted by Gasteiger charge is 2.08. The highest BCUT2D eigenvalue weighted by molar-refractivity contribution is 7.89. The highest BCUT2D eigenvalue weighted by atomic mass is 35.5. The van der Waals surface area contributed by atoms with E-state index in [1.807, 2.05) is 0 Å². The minimum absolute atomic E-state index is 0.0228. The Bertz CT molecular complexity index is 791. The number of amides is 1. The Kier molecular flexibility index (Phi) is 5.59. The fraction of sp³-hybridized carbons (Fsp3) is 0.133. The van der Waals surface area contributed by atoms with Gasteiger partial charge in [-0.05, 0) is 29.8 Å². The molecule has 3 N–H and O–H groups in total. The van der Waals surface area contributed by atoms with Crippen molar-refractivity contribution in [3.63, 3.8) is 0 Å². The number of primary sulfonamides is 1. The number of hydrogen-bond donors (Lipinski definition) is 2. The predicted octanol–water partition coefficient (Wildman–Crippen LogP) is 1.68. The quantitative estimate of drug-likeness (QED) is 0.824. The number of ether oxygens (including phenoxy) is 1. The molecule has 0 bridgehead atoms. The Labute approximate surface area is 139 Å². The summed E-state index contributed by atoms with van der Waals surface area (Å²) in [4.78, 5) is 11.8. The lowest BCUT2D eigenvalue weighted by Gasteiger charge is -2.09. The molecule has 0 aliphatic carbocycles. The molecule has 2 aromatic carbocycles. The van der Waals surface area contributed by atoms with E-state index in [4.69, 9.17) is 21.5 Å². The first-order chi connectivity index (χ1) is 10.9. The molecule has 2 rings (SSSR count). The number of sulfonamides is 1. The van der Waals surface area contributed by atoms with Crippen molar-refractivity contribution >= 4 is 27.5 Å². The van der Waals surface area contributed by atoms with Crippen molar-refractivity contribution in [2.45, 2.75) is 11.4 Å². The van der Waals surface area contributed by atoms with Crippen molar-refractivity contribution < 1.29 is 17.9 Å². The summed E-state index contributed by atoms with van der Waals surface area (Å²) >= 11 is 5.92. The number of carbonyl (C=O) groups excluding carboxylic acids is 1. The molecule has 0 atom stereocenters. The second kappa shape index (κ2) is 7.45. The fourth-order valence-corrected chi connectivity index (χ4v) is 2.46. The van der Waals surface area contributed by atoms with E-state index in [-0.39, 0.29) is 24.0 Å². The van der Waals surface area contributed by atoms with Crippen LogP contribution in [-0.2, 0) is 21.4 Å². The zero-order valence-electron chi connectivity index (χ0n) is 12.0. The van der Waals surface area contributed by atoms with Gasteiger partial charge in [0.15, 0.2) is 6.61 Å². The fourth-order valence-electron chi connectivity index (χ4n) is 1.75. The summed E-state index contributed by atoms with van der Waals surface area (Å²) in [6.07, 6.45) is 0. The first kappa shape index (κ1) is 17.3. The summed E-state index contributed by atoms with van der Waals surface area (Å²) in [5.41, 5.74) is 0.739. The summed E-state index contributed by atoms with van der Waals surface area (Å²) in [5.74, 6) is 0.113. The smallest absolute Gasteiger partial charge is 0.258 e. The van der Waals surface area contributed by atoms with Gasteiger partial charge < -0.3 is 10.1 Å². The molecule has 0 saturated carbocycles. The topological polar surface area (TPSA) is 98.5 Å². The van der Waals surface area contributed by atoms with E-state index >= 15 is 0 Å². The summed E-state index contributed by atoms with van der Waals surface area (Å²) in [5, 5.41) is 8.10. The van der Waals surface area contributed by atoms with E-state index in [2.05, 4.69) is 5.32 Å². The Balaban J connectivity index is 1.84. The number of benzene rings is 2. The van der Waals surface area contributed by atoms with E-state index < -0.39 is 10.0 Å². The van der Waals surface area contributed by atoms with Gasteiger partial charge >= 0.3 is 0 Å². The Morgan fingerprint density at radius 3 is 2.39 bits per heavy atom. The van der Waals surface area contributed by atoms with Crippen molar-refractivity contribution in [1.82, 2.24) is 5.32 Å². The van der Waals surface area contributed by atoms with Crippen LogP contribution >= 0.6 is 11.6 Å². The molecule has 0 saturated heterocycles. The second-order valence-electron chi connectivity index (χ2n) is 4.68. The predicted molar refractivity (Wildman–Crippen MR) is 86.6 cm³/mol. The van der Waals surface area contributed by atoms with Crippen molar-refractivity contribution in [3.05, 3.63) is 59.1 Å². The highest BCUT2D eigenvalue weighted by Crippen LogP contribution is 2.22. The van der Waals surface area contributed by atoms with Gasteiger partial charge in [0, 0.05) is 6.54 Å². The maximum absolute atomic E-state index is 11.7. The van der Waals surface area contributed by atoms with Crippen molar-refractivity contribution in [3.8, 4) is 5.75 Å². The monoisotopic (exact) mass is 354 g/mol. The third-order valence-corrected chi connectivity index (χ3v) is 4.18. The standard InChI is InChI=1S/C15H15ClN2O4S/c16-13-3-1-2-4-14(13)22-10-15(19)18-9-11-5-7-12(8-6-11)23(17,20)21/h1-8H,9-10H2,(H,18,19)(H2,17,20,21). The molecule has 0 aromatic heterocycles. The number of carbonyl (C=O) groups is 1. The molecule has 0 radical (unpaired) electrons. The van der Waals surface area contributed by atoms with Crippen LogP contribution in [0.2, 0.25) is 5.02 Å². The molecule has 23 heavy (non-hydrogen) atoms. The Hall–Kier alpha value is -2.09. The first-order valence-corrected chi connectivity index (χ1v) is 8.54. The zero-order valence-corrected chi connectivity index (χ0v) is 13.6. The third-order valence-electron chi connectivity index (χ3n) is 2.94. The number of nitrogens with one attached hydrogen (secondary N) is 1. The molecule has 0 unspecified atom stereocenters. The molecule has 8 heteroatoms. The molecule has 0 aliphatic heterocycles. The summed E-state index contributed by atoms with van der Waals surface area (Å²) in [6, 6.07) is 12.8. The van der Waals surface area contributed by atoms with Crippen molar-refractivity contribution in [1.29, 1.82) is 0 Å². The third kappa shape index (κ3) is 5.24. The Morgan fingerprint density at radius 2 is 1.78 bits per heavy atom. The van der Waals surface area contributed by atoms with Gasteiger partial charge in [0.05, 0.1) is 9.92 Å². The second-order valence-corrected chi connectivity index (χ2v) is 6.65. The van der Waals surface area contributed by atoms with Gasteiger partial charge in [-0.2, -0.15) is 0 Å².